The maximum Gasteiger partial charge on any atom is 0.226 e. The molecule has 1 aliphatic rings. The van der Waals surface area contributed by atoms with Crippen LogP contribution < -0.4 is 5.73 Å². The van der Waals surface area contributed by atoms with E-state index in [1.807, 2.05) is 18.9 Å². The molecule has 1 heterocycles. The van der Waals surface area contributed by atoms with Crippen LogP contribution in [0.25, 0.3) is 0 Å². The number of nitrogens with zero attached hydrogens (tertiary/aromatic N) is 2. The van der Waals surface area contributed by atoms with Crippen molar-refractivity contribution < 1.29 is 4.79 Å². The highest BCUT2D eigenvalue weighted by molar-refractivity contribution is 5.85. The molecule has 1 saturated heterocycles. The van der Waals surface area contributed by atoms with Crippen molar-refractivity contribution in [2.45, 2.75) is 38.8 Å². The first-order valence-electron chi connectivity index (χ1n) is 6.14. The van der Waals surface area contributed by atoms with Gasteiger partial charge in [-0.3, -0.25) is 4.79 Å². The summed E-state index contributed by atoms with van der Waals surface area (Å²) in [6.45, 7) is 5.62. The average Bonchev–Trinajstić information content (AvgIpc) is 2.29. The van der Waals surface area contributed by atoms with Gasteiger partial charge in [0.25, 0.3) is 0 Å². The van der Waals surface area contributed by atoms with Crippen LogP contribution in [0, 0.1) is 5.92 Å². The number of carbonyl (C=O) groups is 1. The average molecular weight is 300 g/mol. The van der Waals surface area contributed by atoms with Gasteiger partial charge in [0.05, 0.1) is 0 Å². The molecule has 0 aromatic carbocycles. The van der Waals surface area contributed by atoms with E-state index in [2.05, 4.69) is 18.9 Å². The number of hydrogen-bond donors (Lipinski definition) is 1. The molecule has 1 fully saturated rings. The normalized spacial score (nSPS) is 25.6. The number of amides is 1. The number of carbonyl (C=O) groups excluding carboxylic acids is 1. The molecule has 0 bridgehead atoms. The van der Waals surface area contributed by atoms with Crippen molar-refractivity contribution in [3.63, 3.8) is 0 Å². The zero-order valence-corrected chi connectivity index (χ0v) is 13.4. The van der Waals surface area contributed by atoms with Crippen LogP contribution in [0.4, 0.5) is 0 Å². The zero-order valence-electron chi connectivity index (χ0n) is 11.8. The van der Waals surface area contributed by atoms with Crippen molar-refractivity contribution >= 4 is 30.7 Å². The zero-order chi connectivity index (χ0) is 12.3. The minimum absolute atomic E-state index is 0. The Balaban J connectivity index is 0. The van der Waals surface area contributed by atoms with Crippen molar-refractivity contribution in [1.29, 1.82) is 0 Å². The number of hydrogen-bond acceptors (Lipinski definition) is 3. The van der Waals surface area contributed by atoms with Gasteiger partial charge in [0.2, 0.25) is 5.91 Å². The molecule has 110 valence electrons. The van der Waals surface area contributed by atoms with E-state index < -0.39 is 0 Å². The van der Waals surface area contributed by atoms with Gasteiger partial charge in [-0.05, 0) is 26.8 Å². The van der Waals surface area contributed by atoms with Gasteiger partial charge in [-0.1, -0.05) is 6.92 Å². The largest absolute Gasteiger partial charge is 0.342 e. The summed E-state index contributed by atoms with van der Waals surface area (Å²) in [4.78, 5) is 16.2. The summed E-state index contributed by atoms with van der Waals surface area (Å²) in [5.74, 6) is 0.129. The molecule has 1 rings (SSSR count). The van der Waals surface area contributed by atoms with Crippen LogP contribution in [-0.4, -0.2) is 55.0 Å². The van der Waals surface area contributed by atoms with Crippen LogP contribution in [0.15, 0.2) is 0 Å². The van der Waals surface area contributed by atoms with E-state index in [0.29, 0.717) is 18.6 Å². The van der Waals surface area contributed by atoms with Gasteiger partial charge in [-0.15, -0.1) is 24.8 Å². The van der Waals surface area contributed by atoms with E-state index in [1.54, 1.807) is 0 Å². The van der Waals surface area contributed by atoms with Gasteiger partial charge in [0.1, 0.15) is 0 Å². The predicted octanol–water partition coefficient (Wildman–Crippen LogP) is 1.37. The minimum Gasteiger partial charge on any atom is -0.342 e. The lowest BCUT2D eigenvalue weighted by Crippen LogP contribution is -2.49. The lowest BCUT2D eigenvalue weighted by molar-refractivity contribution is -0.136. The minimum atomic E-state index is -0.0556. The Morgan fingerprint density at radius 1 is 1.50 bits per heavy atom. The Hall–Kier alpha value is -0.0300. The van der Waals surface area contributed by atoms with E-state index in [0.717, 1.165) is 19.4 Å². The molecule has 0 aromatic rings. The summed E-state index contributed by atoms with van der Waals surface area (Å²) >= 11 is 0. The van der Waals surface area contributed by atoms with Gasteiger partial charge in [0.15, 0.2) is 0 Å². The summed E-state index contributed by atoms with van der Waals surface area (Å²) in [5, 5.41) is 0. The first-order chi connectivity index (χ1) is 7.47. The predicted molar refractivity (Wildman–Crippen MR) is 80.6 cm³/mol. The van der Waals surface area contributed by atoms with Crippen LogP contribution in [0.1, 0.15) is 26.7 Å². The summed E-state index contributed by atoms with van der Waals surface area (Å²) in [5.41, 5.74) is 5.53. The molecule has 0 aromatic heterocycles. The fraction of sp³-hybridized carbons (Fsp3) is 0.917. The Kier molecular flexibility index (Phi) is 10.1. The maximum atomic E-state index is 12.0. The summed E-state index contributed by atoms with van der Waals surface area (Å²) in [6, 6.07) is 0.940. The maximum absolute atomic E-state index is 12.0. The third-order valence-corrected chi connectivity index (χ3v) is 3.85. The highest BCUT2D eigenvalue weighted by atomic mass is 35.5. The lowest BCUT2D eigenvalue weighted by atomic mass is 9.96. The van der Waals surface area contributed by atoms with Crippen LogP contribution >= 0.6 is 24.8 Å². The second-order valence-electron chi connectivity index (χ2n) is 5.09. The first kappa shape index (κ1) is 20.3. The van der Waals surface area contributed by atoms with E-state index in [-0.39, 0.29) is 36.6 Å². The van der Waals surface area contributed by atoms with Gasteiger partial charge in [-0.2, -0.15) is 0 Å². The molecule has 0 spiro atoms. The van der Waals surface area contributed by atoms with Gasteiger partial charge in [0, 0.05) is 38.1 Å². The van der Waals surface area contributed by atoms with Crippen molar-refractivity contribution in [2.24, 2.45) is 11.7 Å². The fourth-order valence-corrected chi connectivity index (χ4v) is 2.24. The Bertz CT molecular complexity index is 253. The molecule has 0 saturated carbocycles. The van der Waals surface area contributed by atoms with E-state index in [9.17, 15) is 4.79 Å². The van der Waals surface area contributed by atoms with Crippen molar-refractivity contribution in [1.82, 2.24) is 9.80 Å². The molecule has 0 aliphatic carbocycles. The Morgan fingerprint density at radius 2 is 2.06 bits per heavy atom. The van der Waals surface area contributed by atoms with Crippen LogP contribution in [0.3, 0.4) is 0 Å². The number of piperidine rings is 1. The monoisotopic (exact) mass is 299 g/mol. The SMILES string of the molecule is CC(CN)C(=O)N(C)C1CCN(C)C(C)C1.Cl.Cl. The lowest BCUT2D eigenvalue weighted by Gasteiger charge is -2.40. The summed E-state index contributed by atoms with van der Waals surface area (Å²) in [6.07, 6.45) is 2.14. The standard InChI is InChI=1S/C12H25N3O.2ClH/c1-9(8-13)12(16)15(4)11-5-6-14(3)10(2)7-11;;/h9-11H,5-8,13H2,1-4H3;2*1H. The second kappa shape index (κ2) is 8.97. The van der Waals surface area contributed by atoms with Gasteiger partial charge >= 0.3 is 0 Å². The van der Waals surface area contributed by atoms with Crippen LogP contribution in [0.5, 0.6) is 0 Å². The molecule has 3 atom stereocenters. The first-order valence-corrected chi connectivity index (χ1v) is 6.14. The topological polar surface area (TPSA) is 49.6 Å². The highest BCUT2D eigenvalue weighted by Gasteiger charge is 2.29. The number of nitrogens with two attached hydrogens (primary N) is 1. The molecule has 18 heavy (non-hydrogen) atoms. The van der Waals surface area contributed by atoms with E-state index in [1.165, 1.54) is 0 Å². The Morgan fingerprint density at radius 3 is 2.50 bits per heavy atom. The molecule has 3 unspecified atom stereocenters. The molecule has 4 nitrogen and oxygen atoms in total. The number of halogens is 2. The van der Waals surface area contributed by atoms with Gasteiger partial charge < -0.3 is 15.5 Å². The molecule has 6 heteroatoms. The van der Waals surface area contributed by atoms with Gasteiger partial charge in [-0.25, -0.2) is 0 Å². The Labute approximate surface area is 123 Å². The van der Waals surface area contributed by atoms with Crippen molar-refractivity contribution in [3.05, 3.63) is 0 Å². The second-order valence-corrected chi connectivity index (χ2v) is 5.09. The quantitative estimate of drug-likeness (QED) is 0.856. The number of likely N-dealkylation sites (tertiary alicyclic amines) is 1. The fourth-order valence-electron chi connectivity index (χ4n) is 2.24. The van der Waals surface area contributed by atoms with Crippen molar-refractivity contribution in [2.75, 3.05) is 27.2 Å². The molecule has 1 amide bonds. The van der Waals surface area contributed by atoms with Crippen LogP contribution in [-0.2, 0) is 4.79 Å². The highest BCUT2D eigenvalue weighted by Crippen LogP contribution is 2.20. The van der Waals surface area contributed by atoms with E-state index in [4.69, 9.17) is 5.73 Å². The third kappa shape index (κ3) is 4.92. The smallest absolute Gasteiger partial charge is 0.226 e. The molecular formula is C12H27Cl2N3O. The molecule has 2 N–H and O–H groups in total. The summed E-state index contributed by atoms with van der Waals surface area (Å²) in [7, 11) is 4.06. The molecular weight excluding hydrogens is 273 g/mol. The summed E-state index contributed by atoms with van der Waals surface area (Å²) < 4.78 is 0. The molecule has 1 aliphatic heterocycles. The van der Waals surface area contributed by atoms with Crippen molar-refractivity contribution in [3.8, 4) is 0 Å². The van der Waals surface area contributed by atoms with E-state index >= 15 is 0 Å². The number of rotatable bonds is 3. The van der Waals surface area contributed by atoms with Crippen LogP contribution in [0.2, 0.25) is 0 Å². The molecule has 0 radical (unpaired) electrons. The third-order valence-electron chi connectivity index (χ3n) is 3.85.